The van der Waals surface area contributed by atoms with Gasteiger partial charge in [-0.15, -0.1) is 0 Å². The number of aliphatic hydroxyl groups is 1. The Labute approximate surface area is 77.7 Å². The fraction of sp³-hybridized carbons (Fsp3) is 0.556. The number of hydrogen-bond donors (Lipinski definition) is 2. The SMILES string of the molecule is CCOC(=O)C(C(=N)CC)=C(C)O. The highest BCUT2D eigenvalue weighted by molar-refractivity contribution is 6.18. The quantitative estimate of drug-likeness (QED) is 0.304. The first-order valence-electron chi connectivity index (χ1n) is 4.19. The zero-order valence-corrected chi connectivity index (χ0v) is 8.18. The molecule has 0 aromatic heterocycles. The molecule has 0 aliphatic heterocycles. The molecular formula is C9H15NO3. The number of nitrogens with one attached hydrogen (secondary N) is 1. The normalized spacial score (nSPS) is 11.9. The van der Waals surface area contributed by atoms with E-state index < -0.39 is 5.97 Å². The highest BCUT2D eigenvalue weighted by Crippen LogP contribution is 2.08. The van der Waals surface area contributed by atoms with Gasteiger partial charge in [-0.05, 0) is 20.3 Å². The summed E-state index contributed by atoms with van der Waals surface area (Å²) in [6.45, 7) is 5.03. The minimum atomic E-state index is -0.630. The highest BCUT2D eigenvalue weighted by Gasteiger charge is 2.17. The highest BCUT2D eigenvalue weighted by atomic mass is 16.5. The molecule has 2 N–H and O–H groups in total. The van der Waals surface area contributed by atoms with Gasteiger partial charge in [0.05, 0.1) is 6.61 Å². The molecule has 0 atom stereocenters. The largest absolute Gasteiger partial charge is 0.512 e. The van der Waals surface area contributed by atoms with Crippen molar-refractivity contribution in [2.45, 2.75) is 27.2 Å². The maximum absolute atomic E-state index is 11.2. The fourth-order valence-corrected chi connectivity index (χ4v) is 0.869. The summed E-state index contributed by atoms with van der Waals surface area (Å²) >= 11 is 0. The van der Waals surface area contributed by atoms with E-state index in [1.54, 1.807) is 13.8 Å². The van der Waals surface area contributed by atoms with Crippen LogP contribution in [0.15, 0.2) is 11.3 Å². The van der Waals surface area contributed by atoms with Crippen molar-refractivity contribution in [3.8, 4) is 0 Å². The van der Waals surface area contributed by atoms with E-state index in [2.05, 4.69) is 0 Å². The Morgan fingerprint density at radius 2 is 2.00 bits per heavy atom. The summed E-state index contributed by atoms with van der Waals surface area (Å²) in [5.41, 5.74) is 0.0720. The van der Waals surface area contributed by atoms with Gasteiger partial charge in [0.25, 0.3) is 0 Å². The van der Waals surface area contributed by atoms with E-state index in [4.69, 9.17) is 15.3 Å². The van der Waals surface area contributed by atoms with Gasteiger partial charge < -0.3 is 15.3 Å². The minimum absolute atomic E-state index is 0.0237. The van der Waals surface area contributed by atoms with Gasteiger partial charge in [0.2, 0.25) is 0 Å². The molecule has 0 saturated heterocycles. The monoisotopic (exact) mass is 185 g/mol. The summed E-state index contributed by atoms with van der Waals surface area (Å²) < 4.78 is 4.69. The first kappa shape index (κ1) is 11.7. The number of ether oxygens (including phenoxy) is 1. The second-order valence-corrected chi connectivity index (χ2v) is 2.51. The number of esters is 1. The van der Waals surface area contributed by atoms with Crippen molar-refractivity contribution < 1.29 is 14.6 Å². The van der Waals surface area contributed by atoms with Crippen LogP contribution < -0.4 is 0 Å². The summed E-state index contributed by atoms with van der Waals surface area (Å²) in [6, 6.07) is 0. The maximum atomic E-state index is 11.2. The van der Waals surface area contributed by atoms with E-state index in [0.29, 0.717) is 6.42 Å². The molecule has 0 fully saturated rings. The third kappa shape index (κ3) is 3.27. The van der Waals surface area contributed by atoms with Crippen LogP contribution in [0.1, 0.15) is 27.2 Å². The van der Waals surface area contributed by atoms with Crippen LogP contribution in [-0.4, -0.2) is 23.4 Å². The van der Waals surface area contributed by atoms with Gasteiger partial charge in [-0.2, -0.15) is 0 Å². The smallest absolute Gasteiger partial charge is 0.343 e. The lowest BCUT2D eigenvalue weighted by Crippen LogP contribution is -2.16. The van der Waals surface area contributed by atoms with E-state index >= 15 is 0 Å². The average Bonchev–Trinajstić information content (AvgIpc) is 2.04. The summed E-state index contributed by atoms with van der Waals surface area (Å²) in [5, 5.41) is 16.6. The predicted molar refractivity (Wildman–Crippen MR) is 50.0 cm³/mol. The molecule has 0 aromatic rings. The molecule has 4 heteroatoms. The Morgan fingerprint density at radius 1 is 1.46 bits per heavy atom. The van der Waals surface area contributed by atoms with Crippen molar-refractivity contribution in [2.75, 3.05) is 6.61 Å². The topological polar surface area (TPSA) is 70.4 Å². The number of allylic oxidation sites excluding steroid dienone is 1. The number of carbonyl (C=O) groups is 1. The number of hydrogen-bond acceptors (Lipinski definition) is 4. The Hall–Kier alpha value is -1.32. The van der Waals surface area contributed by atoms with E-state index in [9.17, 15) is 4.79 Å². The molecule has 0 saturated carbocycles. The van der Waals surface area contributed by atoms with Crippen LogP contribution in [0, 0.1) is 5.41 Å². The van der Waals surface area contributed by atoms with E-state index in [1.807, 2.05) is 0 Å². The fourth-order valence-electron chi connectivity index (χ4n) is 0.869. The van der Waals surface area contributed by atoms with Crippen LogP contribution in [0.25, 0.3) is 0 Å². The molecule has 0 aromatic carbocycles. The van der Waals surface area contributed by atoms with Crippen LogP contribution >= 0.6 is 0 Å². The third-order valence-corrected chi connectivity index (χ3v) is 1.50. The Bertz CT molecular complexity index is 239. The molecule has 13 heavy (non-hydrogen) atoms. The van der Waals surface area contributed by atoms with Crippen LogP contribution in [-0.2, 0) is 9.53 Å². The molecule has 0 unspecified atom stereocenters. The molecule has 0 heterocycles. The van der Waals surface area contributed by atoms with E-state index in [-0.39, 0.29) is 23.7 Å². The lowest BCUT2D eigenvalue weighted by molar-refractivity contribution is -0.138. The Kier molecular flexibility index (Phi) is 4.80. The first-order chi connectivity index (χ1) is 6.04. The molecule has 4 nitrogen and oxygen atoms in total. The van der Waals surface area contributed by atoms with Gasteiger partial charge in [-0.1, -0.05) is 6.92 Å². The first-order valence-corrected chi connectivity index (χ1v) is 4.19. The standard InChI is InChI=1S/C9H15NO3/c1-4-7(10)8(6(3)11)9(12)13-5-2/h10-11H,4-5H2,1-3H3. The minimum Gasteiger partial charge on any atom is -0.512 e. The number of rotatable bonds is 4. The van der Waals surface area contributed by atoms with Gasteiger partial charge >= 0.3 is 5.97 Å². The van der Waals surface area contributed by atoms with Crippen LogP contribution in [0.4, 0.5) is 0 Å². The van der Waals surface area contributed by atoms with Crippen molar-refractivity contribution in [3.63, 3.8) is 0 Å². The number of carbonyl (C=O) groups excluding carboxylic acids is 1. The molecule has 0 rings (SSSR count). The van der Waals surface area contributed by atoms with E-state index in [1.165, 1.54) is 6.92 Å². The average molecular weight is 185 g/mol. The summed E-state index contributed by atoms with van der Waals surface area (Å²) in [6.07, 6.45) is 0.395. The van der Waals surface area contributed by atoms with Crippen molar-refractivity contribution >= 4 is 11.7 Å². The molecule has 0 spiro atoms. The summed E-state index contributed by atoms with van der Waals surface area (Å²) in [4.78, 5) is 11.2. The van der Waals surface area contributed by atoms with Crippen LogP contribution in [0.3, 0.4) is 0 Å². The molecule has 0 amide bonds. The second kappa shape index (κ2) is 5.35. The molecule has 0 aliphatic carbocycles. The third-order valence-electron chi connectivity index (χ3n) is 1.50. The van der Waals surface area contributed by atoms with Gasteiger partial charge in [0.1, 0.15) is 11.3 Å². The van der Waals surface area contributed by atoms with Crippen LogP contribution in [0.5, 0.6) is 0 Å². The maximum Gasteiger partial charge on any atom is 0.343 e. The van der Waals surface area contributed by atoms with E-state index in [0.717, 1.165) is 0 Å². The lowest BCUT2D eigenvalue weighted by Gasteiger charge is -2.07. The molecule has 0 radical (unpaired) electrons. The molecule has 0 bridgehead atoms. The van der Waals surface area contributed by atoms with Crippen molar-refractivity contribution in [2.24, 2.45) is 0 Å². The zero-order valence-electron chi connectivity index (χ0n) is 8.18. The van der Waals surface area contributed by atoms with Gasteiger partial charge in [-0.25, -0.2) is 4.79 Å². The number of aliphatic hydroxyl groups excluding tert-OH is 1. The lowest BCUT2D eigenvalue weighted by atomic mass is 10.1. The van der Waals surface area contributed by atoms with Crippen LogP contribution in [0.2, 0.25) is 0 Å². The summed E-state index contributed by atoms with van der Waals surface area (Å²) in [7, 11) is 0. The van der Waals surface area contributed by atoms with Crippen molar-refractivity contribution in [1.82, 2.24) is 0 Å². The van der Waals surface area contributed by atoms with Gasteiger partial charge in [0, 0.05) is 5.71 Å². The molecule has 0 aliphatic rings. The second-order valence-electron chi connectivity index (χ2n) is 2.51. The summed E-state index contributed by atoms with van der Waals surface area (Å²) in [5.74, 6) is -0.792. The Morgan fingerprint density at radius 3 is 2.31 bits per heavy atom. The molecule has 74 valence electrons. The van der Waals surface area contributed by atoms with Gasteiger partial charge in [0.15, 0.2) is 0 Å². The van der Waals surface area contributed by atoms with Crippen molar-refractivity contribution in [3.05, 3.63) is 11.3 Å². The van der Waals surface area contributed by atoms with Gasteiger partial charge in [-0.3, -0.25) is 0 Å². The Balaban J connectivity index is 4.75. The predicted octanol–water partition coefficient (Wildman–Crippen LogP) is 1.81. The van der Waals surface area contributed by atoms with Crippen molar-refractivity contribution in [1.29, 1.82) is 5.41 Å². The zero-order chi connectivity index (χ0) is 10.4. The molecular weight excluding hydrogens is 170 g/mol.